The Hall–Kier alpha value is -6.78. The van der Waals surface area contributed by atoms with Gasteiger partial charge in [0.15, 0.2) is 34.8 Å². The minimum Gasteiger partial charge on any atom is -0.289 e. The molecule has 62 heavy (non-hydrogen) atoms. The minimum absolute atomic E-state index is 0.00315. The summed E-state index contributed by atoms with van der Waals surface area (Å²) in [7, 11) is 0. The summed E-state index contributed by atoms with van der Waals surface area (Å²) < 4.78 is 57.3. The number of fused-ring (bicyclic) bond motifs is 8. The van der Waals surface area contributed by atoms with E-state index in [2.05, 4.69) is 39.8 Å². The van der Waals surface area contributed by atoms with Gasteiger partial charge in [0.2, 0.25) is 0 Å². The zero-order chi connectivity index (χ0) is 43.9. The summed E-state index contributed by atoms with van der Waals surface area (Å²) >= 11 is 6.21. The van der Waals surface area contributed by atoms with Crippen LogP contribution in [0, 0.1) is 68.6 Å². The lowest BCUT2D eigenvalue weighted by molar-refractivity contribution is 0.103. The average Bonchev–Trinajstić information content (AvgIpc) is 4.11. The number of carbonyl (C=O) groups excluding carboxylic acids is 2. The maximum Gasteiger partial charge on any atom is 0.194 e. The van der Waals surface area contributed by atoms with Gasteiger partial charge in [0.25, 0.3) is 0 Å². The maximum absolute atomic E-state index is 14.4. The van der Waals surface area contributed by atoms with Crippen LogP contribution in [0.15, 0.2) is 70.8 Å². The Morgan fingerprint density at radius 1 is 0.484 bits per heavy atom. The van der Waals surface area contributed by atoms with E-state index in [1.165, 1.54) is 22.7 Å². The first kappa shape index (κ1) is 39.4. The number of rotatable bonds is 3. The van der Waals surface area contributed by atoms with Crippen LogP contribution in [-0.2, 0) is 10.8 Å². The van der Waals surface area contributed by atoms with Gasteiger partial charge in [0.1, 0.15) is 35.4 Å². The number of ketones is 2. The smallest absolute Gasteiger partial charge is 0.194 e. The number of benzene rings is 2. The van der Waals surface area contributed by atoms with Gasteiger partial charge in [0, 0.05) is 83.3 Å². The molecule has 0 N–H and O–H groups in total. The van der Waals surface area contributed by atoms with Gasteiger partial charge in [-0.25, -0.2) is 17.6 Å². The van der Waals surface area contributed by atoms with Crippen LogP contribution in [0.3, 0.4) is 0 Å². The second kappa shape index (κ2) is 13.4. The highest BCUT2D eigenvalue weighted by Gasteiger charge is 2.43. The van der Waals surface area contributed by atoms with Crippen LogP contribution >= 0.6 is 45.3 Å². The molecule has 6 nitrogen and oxygen atoms in total. The van der Waals surface area contributed by atoms with E-state index in [4.69, 9.17) is 0 Å². The normalized spacial score (nSPS) is 17.0. The number of nitriles is 4. The minimum atomic E-state index is -1.20. The van der Waals surface area contributed by atoms with Crippen molar-refractivity contribution in [2.45, 2.75) is 38.5 Å². The molecule has 0 bridgehead atoms. The first-order valence-electron chi connectivity index (χ1n) is 18.7. The fourth-order valence-corrected chi connectivity index (χ4v) is 14.4. The molecule has 6 aromatic rings. The summed E-state index contributed by atoms with van der Waals surface area (Å²) in [6, 6.07) is 18.9. The largest absolute Gasteiger partial charge is 0.289 e. The molecule has 0 saturated carbocycles. The van der Waals surface area contributed by atoms with Crippen LogP contribution in [0.5, 0.6) is 0 Å². The van der Waals surface area contributed by atoms with Crippen molar-refractivity contribution >= 4 is 80.2 Å². The van der Waals surface area contributed by atoms with E-state index in [1.807, 2.05) is 12.1 Å². The molecule has 0 saturated heterocycles. The lowest BCUT2D eigenvalue weighted by atomic mass is 9.83. The molecule has 0 amide bonds. The average molecular weight is 891 g/mol. The quantitative estimate of drug-likeness (QED) is 0.0988. The van der Waals surface area contributed by atoms with Crippen LogP contribution in [0.25, 0.3) is 52.6 Å². The molecule has 0 fully saturated rings. The predicted molar refractivity (Wildman–Crippen MR) is 232 cm³/mol. The first-order valence-corrected chi connectivity index (χ1v) is 22.0. The van der Waals surface area contributed by atoms with Crippen molar-refractivity contribution < 1.29 is 27.2 Å². The molecule has 0 aliphatic heterocycles. The van der Waals surface area contributed by atoms with E-state index in [-0.39, 0.29) is 55.7 Å². The highest BCUT2D eigenvalue weighted by atomic mass is 32.1. The fraction of sp³-hybridized carbons (Fsp3) is 0.125. The van der Waals surface area contributed by atoms with E-state index < -0.39 is 45.7 Å². The molecule has 14 heteroatoms. The Kier molecular flexibility index (Phi) is 8.48. The molecule has 4 heterocycles. The van der Waals surface area contributed by atoms with E-state index >= 15 is 0 Å². The number of halogens is 4. The molecule has 4 aromatic heterocycles. The monoisotopic (exact) mass is 890 g/mol. The number of Topliss-reactive ketones (excluding diaryl/α,β-unsaturated/α-hetero) is 2. The van der Waals surface area contributed by atoms with Crippen molar-refractivity contribution in [2.24, 2.45) is 0 Å². The Morgan fingerprint density at radius 3 is 1.13 bits per heavy atom. The van der Waals surface area contributed by atoms with Crippen LogP contribution in [0.1, 0.15) is 91.5 Å². The van der Waals surface area contributed by atoms with Gasteiger partial charge >= 0.3 is 0 Å². The molecule has 0 radical (unpaired) electrons. The Labute approximate surface area is 366 Å². The lowest BCUT2D eigenvalue weighted by Gasteiger charge is -2.19. The molecule has 4 aliphatic carbocycles. The van der Waals surface area contributed by atoms with E-state index in [0.29, 0.717) is 9.75 Å². The second-order valence-electron chi connectivity index (χ2n) is 16.1. The van der Waals surface area contributed by atoms with E-state index in [1.54, 1.807) is 59.1 Å². The molecular formula is C48H22F4N4O2S4. The van der Waals surface area contributed by atoms with Gasteiger partial charge in [-0.1, -0.05) is 27.7 Å². The number of hydrogen-bond donors (Lipinski definition) is 0. The van der Waals surface area contributed by atoms with E-state index in [9.17, 15) is 48.2 Å². The van der Waals surface area contributed by atoms with Gasteiger partial charge in [-0.05, 0) is 94.1 Å². The molecule has 0 atom stereocenters. The molecule has 4 aliphatic rings. The number of allylic oxidation sites excluding steroid dienone is 6. The second-order valence-corrected chi connectivity index (χ2v) is 20.4. The number of nitrogens with zero attached hydrogens (tertiary/aromatic N) is 4. The SMILES string of the molecule is CC1(C)c2cc(/C=C3\C(=O)c4cc(F)c(F)cc4C3=C(C#N)C#N)sc2-c2sc(-c3cc4c(s3)-c3sc(/C=C5\C(=O)c6cc(F)c(F)cc6C5=C(C#N)C#N)cc3C4(C)C)cc21. The molecular weight excluding hydrogens is 869 g/mol. The van der Waals surface area contributed by atoms with Gasteiger partial charge in [-0.2, -0.15) is 21.0 Å². The summed E-state index contributed by atoms with van der Waals surface area (Å²) in [6.45, 7) is 8.49. The van der Waals surface area contributed by atoms with Crippen LogP contribution in [-0.4, -0.2) is 11.6 Å². The molecule has 2 aromatic carbocycles. The van der Waals surface area contributed by atoms with Crippen molar-refractivity contribution in [1.82, 2.24) is 0 Å². The van der Waals surface area contributed by atoms with Crippen molar-refractivity contribution in [1.29, 1.82) is 21.0 Å². The van der Waals surface area contributed by atoms with Crippen LogP contribution in [0.4, 0.5) is 17.6 Å². The van der Waals surface area contributed by atoms with Crippen molar-refractivity contribution in [2.75, 3.05) is 0 Å². The van der Waals surface area contributed by atoms with Crippen LogP contribution < -0.4 is 0 Å². The molecule has 298 valence electrons. The third kappa shape index (κ3) is 5.32. The Morgan fingerprint density at radius 2 is 0.790 bits per heavy atom. The maximum atomic E-state index is 14.4. The Bertz CT molecular complexity index is 3240. The van der Waals surface area contributed by atoms with Gasteiger partial charge in [0.05, 0.1) is 0 Å². The summed E-state index contributed by atoms with van der Waals surface area (Å²) in [5.74, 6) is -5.99. The Balaban J connectivity index is 1.02. The first-order chi connectivity index (χ1) is 29.5. The summed E-state index contributed by atoms with van der Waals surface area (Å²) in [5, 5.41) is 39.0. The summed E-state index contributed by atoms with van der Waals surface area (Å²) in [4.78, 5) is 34.9. The molecule has 10 rings (SSSR count). The zero-order valence-corrected chi connectivity index (χ0v) is 35.8. The van der Waals surface area contributed by atoms with Crippen molar-refractivity contribution in [3.8, 4) is 53.5 Å². The predicted octanol–water partition coefficient (Wildman–Crippen LogP) is 12.9. The van der Waals surface area contributed by atoms with Crippen LogP contribution in [0.2, 0.25) is 0 Å². The zero-order valence-electron chi connectivity index (χ0n) is 32.5. The highest BCUT2D eigenvalue weighted by Crippen LogP contribution is 2.61. The fourth-order valence-electron chi connectivity index (χ4n) is 8.87. The number of carbonyl (C=O) groups is 2. The van der Waals surface area contributed by atoms with Gasteiger partial charge in [-0.15, -0.1) is 45.3 Å². The van der Waals surface area contributed by atoms with Gasteiger partial charge in [-0.3, -0.25) is 9.59 Å². The third-order valence-corrected chi connectivity index (χ3v) is 17.0. The summed E-state index contributed by atoms with van der Waals surface area (Å²) in [6.07, 6.45) is 3.18. The highest BCUT2D eigenvalue weighted by molar-refractivity contribution is 7.29. The third-order valence-electron chi connectivity index (χ3n) is 12.0. The van der Waals surface area contributed by atoms with Crippen molar-refractivity contribution in [3.63, 3.8) is 0 Å². The topological polar surface area (TPSA) is 129 Å². The van der Waals surface area contributed by atoms with E-state index in [0.717, 1.165) is 75.8 Å². The number of hydrogen-bond acceptors (Lipinski definition) is 10. The molecule has 0 unspecified atom stereocenters. The van der Waals surface area contributed by atoms with Crippen molar-refractivity contribution in [3.05, 3.63) is 148 Å². The van der Waals surface area contributed by atoms with Gasteiger partial charge < -0.3 is 0 Å². The molecule has 0 spiro atoms. The lowest BCUT2D eigenvalue weighted by Crippen LogP contribution is -2.14. The standard InChI is InChI=1S/C48H22F4N4O2S4/c1-47(2)29-7-21(5-27-39(19(15-53)16-54)23-9-33(49)35(51)11-25(23)41(27)57)59-43(29)45-31(47)13-37(61-45)38-14-32-46(62-38)44-30(48(32,3)4)8-22(60-44)6-28-40(20(17-55)18-56)24-10-34(50)36(52)12-26(24)42(28)58/h5-14H,1-4H3/b27-5-,28-6-. The number of thiophene rings is 4. The summed E-state index contributed by atoms with van der Waals surface area (Å²) in [5.41, 5.74) is 2.55.